The molecule has 1 fully saturated rings. The van der Waals surface area contributed by atoms with Crippen molar-refractivity contribution in [2.75, 3.05) is 25.2 Å². The van der Waals surface area contributed by atoms with E-state index in [1.165, 1.54) is 0 Å². The molecular formula is C28H29N3O4. The Bertz CT molecular complexity index is 1330. The molecule has 2 atom stereocenters. The molecule has 2 heterocycles. The van der Waals surface area contributed by atoms with Crippen molar-refractivity contribution in [3.8, 4) is 11.5 Å². The predicted molar refractivity (Wildman–Crippen MR) is 135 cm³/mol. The third kappa shape index (κ3) is 4.86. The minimum absolute atomic E-state index is 0.0575. The molecule has 3 aromatic carbocycles. The van der Waals surface area contributed by atoms with Crippen LogP contribution in [0, 0.1) is 6.92 Å². The van der Waals surface area contributed by atoms with Crippen LogP contribution in [-0.4, -0.2) is 46.9 Å². The molecule has 1 aliphatic heterocycles. The quantitative estimate of drug-likeness (QED) is 0.414. The zero-order valence-electron chi connectivity index (χ0n) is 19.9. The first-order chi connectivity index (χ1) is 17.0. The Morgan fingerprint density at radius 1 is 1.06 bits per heavy atom. The number of aliphatic hydroxyl groups excluding tert-OH is 1. The van der Waals surface area contributed by atoms with Crippen LogP contribution < -0.4 is 14.4 Å². The first-order valence-electron chi connectivity index (χ1n) is 11.8. The molecule has 7 nitrogen and oxygen atoms in total. The zero-order chi connectivity index (χ0) is 24.4. The number of nitrogens with zero attached hydrogens (tertiary/aromatic N) is 3. The van der Waals surface area contributed by atoms with E-state index in [1.54, 1.807) is 12.0 Å². The Kier molecular flexibility index (Phi) is 6.42. The summed E-state index contributed by atoms with van der Waals surface area (Å²) in [4.78, 5) is 19.6. The average Bonchev–Trinajstić information content (AvgIpc) is 3.43. The summed E-state index contributed by atoms with van der Waals surface area (Å²) in [6.07, 6.45) is -0.368. The fraction of sp³-hybridized carbons (Fsp3) is 0.286. The first-order valence-corrected chi connectivity index (χ1v) is 11.8. The number of hydrogen-bond acceptors (Lipinski definition) is 5. The number of amides is 1. The number of carbonyl (C=O) groups is 1. The van der Waals surface area contributed by atoms with Crippen LogP contribution in [0.3, 0.4) is 0 Å². The molecule has 35 heavy (non-hydrogen) atoms. The van der Waals surface area contributed by atoms with E-state index < -0.39 is 6.10 Å². The lowest BCUT2D eigenvalue weighted by molar-refractivity contribution is -0.117. The van der Waals surface area contributed by atoms with E-state index >= 15 is 0 Å². The normalized spacial score (nSPS) is 16.6. The van der Waals surface area contributed by atoms with E-state index in [9.17, 15) is 9.90 Å². The van der Waals surface area contributed by atoms with Gasteiger partial charge in [-0.25, -0.2) is 4.98 Å². The molecule has 0 radical (unpaired) electrons. The average molecular weight is 472 g/mol. The molecule has 1 aliphatic rings. The smallest absolute Gasteiger partial charge is 0.227 e. The van der Waals surface area contributed by atoms with Gasteiger partial charge in [0.25, 0.3) is 0 Å². The van der Waals surface area contributed by atoms with Gasteiger partial charge in [-0.2, -0.15) is 0 Å². The molecule has 0 saturated carbocycles. The monoisotopic (exact) mass is 471 g/mol. The molecule has 5 rings (SSSR count). The molecule has 7 heteroatoms. The topological polar surface area (TPSA) is 76.8 Å². The summed E-state index contributed by atoms with van der Waals surface area (Å²) < 4.78 is 13.1. The van der Waals surface area contributed by atoms with Crippen LogP contribution in [0.2, 0.25) is 0 Å². The van der Waals surface area contributed by atoms with Crippen molar-refractivity contribution in [2.24, 2.45) is 0 Å². The molecule has 0 spiro atoms. The minimum Gasteiger partial charge on any atom is -0.497 e. The second kappa shape index (κ2) is 9.80. The number of aliphatic hydroxyl groups is 1. The Morgan fingerprint density at radius 3 is 2.63 bits per heavy atom. The summed E-state index contributed by atoms with van der Waals surface area (Å²) in [7, 11) is 1.62. The van der Waals surface area contributed by atoms with Crippen LogP contribution in [0.5, 0.6) is 11.5 Å². The van der Waals surface area contributed by atoms with Gasteiger partial charge in [0, 0.05) is 24.6 Å². The van der Waals surface area contributed by atoms with Crippen molar-refractivity contribution in [1.82, 2.24) is 9.55 Å². The number of aryl methyl sites for hydroxylation is 1. The molecule has 4 aromatic rings. The molecule has 0 unspecified atom stereocenters. The number of methoxy groups -OCH3 is 1. The second-order valence-corrected chi connectivity index (χ2v) is 8.95. The van der Waals surface area contributed by atoms with Crippen LogP contribution >= 0.6 is 0 Å². The summed E-state index contributed by atoms with van der Waals surface area (Å²) in [5.74, 6) is 2.27. The fourth-order valence-corrected chi connectivity index (χ4v) is 4.65. The summed E-state index contributed by atoms with van der Waals surface area (Å²) >= 11 is 0. The fourth-order valence-electron chi connectivity index (χ4n) is 4.65. The number of anilines is 1. The van der Waals surface area contributed by atoms with Crippen molar-refractivity contribution in [3.63, 3.8) is 0 Å². The highest BCUT2D eigenvalue weighted by molar-refractivity contribution is 5.96. The van der Waals surface area contributed by atoms with E-state index in [0.717, 1.165) is 39.6 Å². The lowest BCUT2D eigenvalue weighted by Crippen LogP contribution is -2.26. The number of hydrogen-bond donors (Lipinski definition) is 1. The Hall–Kier alpha value is -3.84. The number of carbonyl (C=O) groups excluding carboxylic acids is 1. The predicted octanol–water partition coefficient (Wildman–Crippen LogP) is 4.31. The van der Waals surface area contributed by atoms with E-state index in [0.29, 0.717) is 19.5 Å². The van der Waals surface area contributed by atoms with Gasteiger partial charge in [0.15, 0.2) is 0 Å². The SMILES string of the molecule is COc1ccc(N2C[C@H](c3nc4ccccc4n3C[C@@H](O)COc3cccc(C)c3)CC2=O)cc1. The van der Waals surface area contributed by atoms with E-state index in [-0.39, 0.29) is 18.4 Å². The summed E-state index contributed by atoms with van der Waals surface area (Å²) in [6, 6.07) is 23.1. The van der Waals surface area contributed by atoms with Crippen LogP contribution in [0.1, 0.15) is 23.7 Å². The highest BCUT2D eigenvalue weighted by atomic mass is 16.5. The Labute approximate surface area is 204 Å². The summed E-state index contributed by atoms with van der Waals surface area (Å²) in [5, 5.41) is 10.8. The first kappa shape index (κ1) is 22.9. The van der Waals surface area contributed by atoms with Crippen molar-refractivity contribution >= 4 is 22.6 Å². The number of benzene rings is 3. The van der Waals surface area contributed by atoms with Crippen LogP contribution in [0.4, 0.5) is 5.69 Å². The number of imidazole rings is 1. The maximum atomic E-state index is 12.9. The molecule has 0 aliphatic carbocycles. The number of para-hydroxylation sites is 2. The summed E-state index contributed by atoms with van der Waals surface area (Å²) in [6.45, 7) is 3.03. The second-order valence-electron chi connectivity index (χ2n) is 8.95. The molecule has 1 N–H and O–H groups in total. The largest absolute Gasteiger partial charge is 0.497 e. The Balaban J connectivity index is 1.37. The number of fused-ring (bicyclic) bond motifs is 1. The van der Waals surface area contributed by atoms with E-state index in [1.807, 2.05) is 84.3 Å². The van der Waals surface area contributed by atoms with Crippen LogP contribution in [0.25, 0.3) is 11.0 Å². The lowest BCUT2D eigenvalue weighted by Gasteiger charge is -2.19. The van der Waals surface area contributed by atoms with Crippen LogP contribution in [-0.2, 0) is 11.3 Å². The minimum atomic E-state index is -0.735. The maximum Gasteiger partial charge on any atom is 0.227 e. The van der Waals surface area contributed by atoms with Crippen molar-refractivity contribution in [3.05, 3.63) is 84.2 Å². The van der Waals surface area contributed by atoms with E-state index in [4.69, 9.17) is 14.5 Å². The van der Waals surface area contributed by atoms with E-state index in [2.05, 4.69) is 0 Å². The van der Waals surface area contributed by atoms with Gasteiger partial charge >= 0.3 is 0 Å². The van der Waals surface area contributed by atoms with Gasteiger partial charge in [0.2, 0.25) is 5.91 Å². The number of aromatic nitrogens is 2. The molecule has 1 amide bonds. The number of ether oxygens (including phenoxy) is 2. The lowest BCUT2D eigenvalue weighted by atomic mass is 10.1. The molecule has 0 bridgehead atoms. The zero-order valence-corrected chi connectivity index (χ0v) is 19.9. The summed E-state index contributed by atoms with van der Waals surface area (Å²) in [5.41, 5.74) is 3.73. The van der Waals surface area contributed by atoms with Gasteiger partial charge in [-0.15, -0.1) is 0 Å². The third-order valence-corrected chi connectivity index (χ3v) is 6.38. The van der Waals surface area contributed by atoms with Crippen LogP contribution in [0.15, 0.2) is 72.8 Å². The maximum absolute atomic E-state index is 12.9. The molecular weight excluding hydrogens is 442 g/mol. The van der Waals surface area contributed by atoms with Gasteiger partial charge in [-0.3, -0.25) is 4.79 Å². The van der Waals surface area contributed by atoms with Crippen molar-refractivity contribution < 1.29 is 19.4 Å². The van der Waals surface area contributed by atoms with Gasteiger partial charge < -0.3 is 24.0 Å². The third-order valence-electron chi connectivity index (χ3n) is 6.38. The highest BCUT2D eigenvalue weighted by Gasteiger charge is 2.35. The van der Waals surface area contributed by atoms with Gasteiger partial charge in [0.05, 0.1) is 24.7 Å². The molecule has 1 aromatic heterocycles. The molecule has 180 valence electrons. The standard InChI is InChI=1S/C28H29N3O4/c1-19-6-5-7-24(14-19)35-18-22(32)17-31-26-9-4-3-8-25(26)29-28(31)20-15-27(33)30(16-20)21-10-12-23(34-2)13-11-21/h3-14,20,22,32H,15-18H2,1-2H3/t20-,22-/m1/s1. The van der Waals surface area contributed by atoms with Crippen molar-refractivity contribution in [1.29, 1.82) is 0 Å². The van der Waals surface area contributed by atoms with Gasteiger partial charge in [-0.1, -0.05) is 24.3 Å². The number of rotatable bonds is 8. The Morgan fingerprint density at radius 2 is 1.86 bits per heavy atom. The van der Waals surface area contributed by atoms with Crippen molar-refractivity contribution in [2.45, 2.75) is 31.9 Å². The van der Waals surface area contributed by atoms with Gasteiger partial charge in [-0.05, 0) is 61.0 Å². The molecule has 1 saturated heterocycles. The highest BCUT2D eigenvalue weighted by Crippen LogP contribution is 2.34. The van der Waals surface area contributed by atoms with Gasteiger partial charge in [0.1, 0.15) is 30.0 Å².